The molecule has 3 N–H and O–H groups in total. The van der Waals surface area contributed by atoms with Gasteiger partial charge in [0.2, 0.25) is 0 Å². The summed E-state index contributed by atoms with van der Waals surface area (Å²) in [7, 11) is 1.75. The zero-order chi connectivity index (χ0) is 20.4. The van der Waals surface area contributed by atoms with Crippen molar-refractivity contribution in [2.24, 2.45) is 4.99 Å². The highest BCUT2D eigenvalue weighted by atomic mass is 32.1. The maximum absolute atomic E-state index is 12.3. The second-order valence-electron chi connectivity index (χ2n) is 6.66. The first kappa shape index (κ1) is 21.9. The number of benzene rings is 1. The number of aliphatic imine (C=N–C) groups is 1. The molecule has 152 valence electrons. The van der Waals surface area contributed by atoms with E-state index in [1.54, 1.807) is 18.4 Å². The molecule has 0 bridgehead atoms. The Hall–Kier alpha value is -2.41. The van der Waals surface area contributed by atoms with Gasteiger partial charge in [-0.15, -0.1) is 11.3 Å². The number of hydrogen-bond donors (Lipinski definition) is 3. The molecule has 0 radical (unpaired) electrons. The molecule has 0 aliphatic rings. The summed E-state index contributed by atoms with van der Waals surface area (Å²) in [4.78, 5) is 22.3. The Bertz CT molecular complexity index is 787. The highest BCUT2D eigenvalue weighted by Crippen LogP contribution is 2.13. The molecule has 0 saturated heterocycles. The van der Waals surface area contributed by atoms with E-state index >= 15 is 0 Å². The monoisotopic (exact) mass is 401 g/mol. The summed E-state index contributed by atoms with van der Waals surface area (Å²) in [6.45, 7) is 7.58. The Labute approximate surface area is 171 Å². The summed E-state index contributed by atoms with van der Waals surface area (Å²) in [6, 6.07) is 7.84. The second-order valence-corrected chi connectivity index (χ2v) is 7.86. The first-order chi connectivity index (χ1) is 13.5. The van der Waals surface area contributed by atoms with Crippen molar-refractivity contribution in [3.8, 4) is 0 Å². The molecule has 0 spiro atoms. The third-order valence-corrected chi connectivity index (χ3v) is 5.65. The van der Waals surface area contributed by atoms with E-state index in [0.29, 0.717) is 12.1 Å². The summed E-state index contributed by atoms with van der Waals surface area (Å²) in [5.41, 5.74) is 1.71. The summed E-state index contributed by atoms with van der Waals surface area (Å²) in [5, 5.41) is 10.7. The van der Waals surface area contributed by atoms with Gasteiger partial charge in [-0.25, -0.2) is 4.98 Å². The summed E-state index contributed by atoms with van der Waals surface area (Å²) in [6.07, 6.45) is 4.77. The number of guanidine groups is 1. The Morgan fingerprint density at radius 1 is 1.29 bits per heavy atom. The van der Waals surface area contributed by atoms with E-state index in [1.165, 1.54) is 4.88 Å². The normalized spacial score (nSPS) is 12.5. The number of aromatic nitrogens is 1. The van der Waals surface area contributed by atoms with Crippen LogP contribution in [0.2, 0.25) is 0 Å². The van der Waals surface area contributed by atoms with Crippen LogP contribution in [0.3, 0.4) is 0 Å². The molecule has 2 rings (SSSR count). The van der Waals surface area contributed by atoms with Gasteiger partial charge in [-0.3, -0.25) is 9.79 Å². The van der Waals surface area contributed by atoms with Crippen molar-refractivity contribution >= 4 is 23.2 Å². The van der Waals surface area contributed by atoms with Gasteiger partial charge >= 0.3 is 0 Å². The fraction of sp³-hybridized carbons (Fsp3) is 0.476. The van der Waals surface area contributed by atoms with Crippen LogP contribution in [-0.2, 0) is 19.4 Å². The molecular weight excluding hydrogens is 370 g/mol. The van der Waals surface area contributed by atoms with E-state index in [0.717, 1.165) is 42.3 Å². The minimum absolute atomic E-state index is 0.0337. The zero-order valence-corrected chi connectivity index (χ0v) is 18.0. The van der Waals surface area contributed by atoms with Gasteiger partial charge in [0, 0.05) is 49.2 Å². The lowest BCUT2D eigenvalue weighted by Gasteiger charge is -2.13. The quantitative estimate of drug-likeness (QED) is 0.446. The van der Waals surface area contributed by atoms with Crippen LogP contribution >= 0.6 is 11.3 Å². The summed E-state index contributed by atoms with van der Waals surface area (Å²) in [5.74, 6) is 0.704. The van der Waals surface area contributed by atoms with Crippen LogP contribution in [0, 0.1) is 0 Å². The van der Waals surface area contributed by atoms with Crippen molar-refractivity contribution in [2.45, 2.75) is 52.6 Å². The first-order valence-corrected chi connectivity index (χ1v) is 10.6. The third-order valence-electron chi connectivity index (χ3n) is 4.44. The molecule has 1 amide bonds. The van der Waals surface area contributed by atoms with Gasteiger partial charge in [-0.05, 0) is 37.5 Å². The van der Waals surface area contributed by atoms with Gasteiger partial charge in [0.1, 0.15) is 0 Å². The molecule has 0 aliphatic heterocycles. The van der Waals surface area contributed by atoms with E-state index in [9.17, 15) is 4.79 Å². The molecule has 6 nitrogen and oxygen atoms in total. The fourth-order valence-corrected chi connectivity index (χ4v) is 3.41. The lowest BCUT2D eigenvalue weighted by Crippen LogP contribution is -2.38. The number of hydrogen-bond acceptors (Lipinski definition) is 4. The number of amides is 1. The van der Waals surface area contributed by atoms with Crippen molar-refractivity contribution in [3.05, 3.63) is 51.5 Å². The molecule has 7 heteroatoms. The van der Waals surface area contributed by atoms with Crippen LogP contribution in [-0.4, -0.2) is 36.5 Å². The smallest absolute Gasteiger partial charge is 0.251 e. The van der Waals surface area contributed by atoms with Crippen LogP contribution in [0.1, 0.15) is 53.0 Å². The van der Waals surface area contributed by atoms with E-state index in [2.05, 4.69) is 39.8 Å². The number of nitrogens with one attached hydrogen (secondary N) is 3. The molecule has 1 unspecified atom stereocenters. The molecule has 0 fully saturated rings. The third kappa shape index (κ3) is 6.96. The number of rotatable bonds is 9. The highest BCUT2D eigenvalue weighted by molar-refractivity contribution is 7.11. The molecule has 2 aromatic rings. The zero-order valence-electron chi connectivity index (χ0n) is 17.2. The van der Waals surface area contributed by atoms with E-state index in [4.69, 9.17) is 0 Å². The predicted molar refractivity (Wildman–Crippen MR) is 117 cm³/mol. The Morgan fingerprint density at radius 2 is 2.11 bits per heavy atom. The average molecular weight is 402 g/mol. The number of thiazole rings is 1. The van der Waals surface area contributed by atoms with Crippen LogP contribution in [0.25, 0.3) is 0 Å². The van der Waals surface area contributed by atoms with Gasteiger partial charge in [0.15, 0.2) is 5.96 Å². The predicted octanol–water partition coefficient (Wildman–Crippen LogP) is 3.14. The Kier molecular flexibility index (Phi) is 8.94. The van der Waals surface area contributed by atoms with Crippen molar-refractivity contribution < 1.29 is 4.79 Å². The highest BCUT2D eigenvalue weighted by Gasteiger charge is 2.09. The molecule has 28 heavy (non-hydrogen) atoms. The van der Waals surface area contributed by atoms with Gasteiger partial charge in [-0.2, -0.15) is 0 Å². The number of aryl methyl sites for hydroxylation is 1. The topological polar surface area (TPSA) is 78.4 Å². The minimum Gasteiger partial charge on any atom is -0.356 e. The first-order valence-electron chi connectivity index (χ1n) is 9.83. The maximum Gasteiger partial charge on any atom is 0.251 e. The molecule has 0 aliphatic carbocycles. The molecular formula is C21H31N5OS. The van der Waals surface area contributed by atoms with Crippen molar-refractivity contribution in [1.82, 2.24) is 20.9 Å². The van der Waals surface area contributed by atoms with Crippen LogP contribution in [0.4, 0.5) is 0 Å². The minimum atomic E-state index is -0.0337. The lowest BCUT2D eigenvalue weighted by molar-refractivity contribution is 0.0939. The SMILES string of the molecule is CCc1cnc(CCNC(=NC)NCc2cccc(C(=O)NC(C)CC)c2)s1. The molecule has 0 saturated carbocycles. The molecule has 1 heterocycles. The van der Waals surface area contributed by atoms with Gasteiger partial charge in [0.05, 0.1) is 5.01 Å². The van der Waals surface area contributed by atoms with E-state index < -0.39 is 0 Å². The van der Waals surface area contributed by atoms with Crippen molar-refractivity contribution in [3.63, 3.8) is 0 Å². The number of carbonyl (C=O) groups excluding carboxylic acids is 1. The van der Waals surface area contributed by atoms with Gasteiger partial charge in [0.25, 0.3) is 5.91 Å². The van der Waals surface area contributed by atoms with E-state index in [1.807, 2.05) is 37.4 Å². The standard InChI is InChI=1S/C21H31N5OS/c1-5-15(3)26-20(27)17-9-7-8-16(12-17)13-25-21(22-4)23-11-10-19-24-14-18(6-2)28-19/h7-9,12,14-15H,5-6,10-11,13H2,1-4H3,(H,26,27)(H2,22,23,25). The lowest BCUT2D eigenvalue weighted by atomic mass is 10.1. The Balaban J connectivity index is 1.82. The number of nitrogens with zero attached hydrogens (tertiary/aromatic N) is 2. The van der Waals surface area contributed by atoms with Crippen LogP contribution in [0.15, 0.2) is 35.5 Å². The summed E-state index contributed by atoms with van der Waals surface area (Å²) < 4.78 is 0. The summed E-state index contributed by atoms with van der Waals surface area (Å²) >= 11 is 1.76. The average Bonchev–Trinajstić information content (AvgIpc) is 3.18. The maximum atomic E-state index is 12.3. The van der Waals surface area contributed by atoms with Crippen molar-refractivity contribution in [2.75, 3.05) is 13.6 Å². The van der Waals surface area contributed by atoms with E-state index in [-0.39, 0.29) is 11.9 Å². The molecule has 1 atom stereocenters. The number of carbonyl (C=O) groups is 1. The molecule has 1 aromatic heterocycles. The van der Waals surface area contributed by atoms with Crippen molar-refractivity contribution in [1.29, 1.82) is 0 Å². The van der Waals surface area contributed by atoms with Crippen LogP contribution in [0.5, 0.6) is 0 Å². The largest absolute Gasteiger partial charge is 0.356 e. The van der Waals surface area contributed by atoms with Gasteiger partial charge < -0.3 is 16.0 Å². The Morgan fingerprint density at radius 3 is 2.79 bits per heavy atom. The fourth-order valence-electron chi connectivity index (χ4n) is 2.55. The van der Waals surface area contributed by atoms with Gasteiger partial charge in [-0.1, -0.05) is 26.0 Å². The molecule has 1 aromatic carbocycles. The van der Waals surface area contributed by atoms with Crippen LogP contribution < -0.4 is 16.0 Å². The second kappa shape index (κ2) is 11.4.